The molecule has 1 aliphatic heterocycles. The lowest BCUT2D eigenvalue weighted by Crippen LogP contribution is -2.62. The first kappa shape index (κ1) is 38.0. The Morgan fingerprint density at radius 3 is 2.20 bits per heavy atom. The van der Waals surface area contributed by atoms with Gasteiger partial charge in [-0.1, -0.05) is 67.2 Å². The van der Waals surface area contributed by atoms with Crippen LogP contribution in [-0.4, -0.2) is 82.0 Å². The third-order valence-corrected chi connectivity index (χ3v) is 10.2. The number of likely N-dealkylation sites (tertiary alicyclic amines) is 1. The maximum absolute atomic E-state index is 14.5. The molecule has 1 unspecified atom stereocenters. The molecule has 2 aliphatic carbocycles. The minimum absolute atomic E-state index is 0.00798. The molecule has 5 amide bonds. The van der Waals surface area contributed by atoms with E-state index in [-0.39, 0.29) is 23.8 Å². The molecule has 3 aliphatic rings. The fourth-order valence-electron chi connectivity index (χ4n) is 7.19. The molecule has 1 saturated heterocycles. The summed E-state index contributed by atoms with van der Waals surface area (Å²) in [7, 11) is 0. The number of amides is 5. The highest BCUT2D eigenvalue weighted by atomic mass is 16.2. The Morgan fingerprint density at radius 2 is 1.63 bits per heavy atom. The van der Waals surface area contributed by atoms with Gasteiger partial charge in [-0.2, -0.15) is 0 Å². The molecule has 2 saturated carbocycles. The molecule has 12 nitrogen and oxygen atoms in total. The van der Waals surface area contributed by atoms with E-state index in [2.05, 4.69) is 26.3 Å². The Labute approximate surface area is 290 Å². The second kappa shape index (κ2) is 16.7. The Hall–Kier alpha value is -3.83. The molecule has 4 rings (SSSR count). The molecule has 49 heavy (non-hydrogen) atoms. The van der Waals surface area contributed by atoms with Crippen molar-refractivity contribution in [1.82, 2.24) is 31.2 Å². The van der Waals surface area contributed by atoms with Gasteiger partial charge in [-0.05, 0) is 73.8 Å². The number of pyridine rings is 1. The average molecular weight is 681 g/mol. The van der Waals surface area contributed by atoms with Crippen LogP contribution in [0.2, 0.25) is 0 Å². The Bertz CT molecular complexity index is 1350. The van der Waals surface area contributed by atoms with E-state index in [0.717, 1.165) is 44.9 Å². The van der Waals surface area contributed by atoms with Gasteiger partial charge in [0, 0.05) is 25.0 Å². The SMILES string of the molecule is CCC[C@H](NC(=O)[C@@H]1C(C(C)C)CCN1C(=O)[C@@H](NC(=O)[C@@H](NC(=O)c1cccnc1)C1CCCCC1)C(C)(C)C)C(=O)C(=O)NC1CC1. The monoisotopic (exact) mass is 680 g/mol. The van der Waals surface area contributed by atoms with Crippen molar-refractivity contribution in [3.63, 3.8) is 0 Å². The van der Waals surface area contributed by atoms with E-state index in [1.165, 1.54) is 11.1 Å². The number of hydrogen-bond donors (Lipinski definition) is 4. The average Bonchev–Trinajstić information content (AvgIpc) is 3.77. The van der Waals surface area contributed by atoms with Crippen LogP contribution >= 0.6 is 0 Å². The maximum atomic E-state index is 14.5. The van der Waals surface area contributed by atoms with E-state index in [9.17, 15) is 28.8 Å². The highest BCUT2D eigenvalue weighted by Crippen LogP contribution is 2.34. The van der Waals surface area contributed by atoms with Crippen molar-refractivity contribution in [3.05, 3.63) is 30.1 Å². The normalized spacial score (nSPS) is 21.7. The van der Waals surface area contributed by atoms with Gasteiger partial charge < -0.3 is 26.2 Å². The number of ketones is 1. The number of carbonyl (C=O) groups is 6. The summed E-state index contributed by atoms with van der Waals surface area (Å²) in [6, 6.07) is -0.425. The summed E-state index contributed by atoms with van der Waals surface area (Å²) < 4.78 is 0. The highest BCUT2D eigenvalue weighted by Gasteiger charge is 2.48. The number of nitrogens with zero attached hydrogens (tertiary/aromatic N) is 2. The maximum Gasteiger partial charge on any atom is 0.289 e. The largest absolute Gasteiger partial charge is 0.347 e. The fraction of sp³-hybridized carbons (Fsp3) is 0.703. The van der Waals surface area contributed by atoms with Crippen LogP contribution < -0.4 is 21.3 Å². The van der Waals surface area contributed by atoms with E-state index < -0.39 is 64.9 Å². The zero-order valence-electron chi connectivity index (χ0n) is 30.1. The molecule has 0 spiro atoms. The number of nitrogens with one attached hydrogen (secondary N) is 4. The minimum atomic E-state index is -1.00. The molecule has 0 bridgehead atoms. The second-order valence-electron chi connectivity index (χ2n) is 15.5. The van der Waals surface area contributed by atoms with Crippen molar-refractivity contribution in [2.24, 2.45) is 23.2 Å². The zero-order chi connectivity index (χ0) is 35.9. The van der Waals surface area contributed by atoms with Crippen LogP contribution in [0.4, 0.5) is 0 Å². The molecule has 5 atom stereocenters. The van der Waals surface area contributed by atoms with Crippen LogP contribution in [0.3, 0.4) is 0 Å². The van der Waals surface area contributed by atoms with Crippen LogP contribution in [0.15, 0.2) is 24.5 Å². The van der Waals surface area contributed by atoms with E-state index in [1.807, 2.05) is 41.5 Å². The number of Topliss-reactive ketones (excluding diaryl/α,β-unsaturated/α-hetero) is 1. The Morgan fingerprint density at radius 1 is 0.939 bits per heavy atom. The first-order chi connectivity index (χ1) is 23.2. The second-order valence-corrected chi connectivity index (χ2v) is 15.5. The molecule has 4 N–H and O–H groups in total. The number of carbonyl (C=O) groups excluding carboxylic acids is 6. The zero-order valence-corrected chi connectivity index (χ0v) is 30.1. The Kier molecular flexibility index (Phi) is 13.0. The highest BCUT2D eigenvalue weighted by molar-refractivity contribution is 6.38. The van der Waals surface area contributed by atoms with Crippen LogP contribution in [0.1, 0.15) is 116 Å². The number of aromatic nitrogens is 1. The molecular formula is C37H56N6O6. The van der Waals surface area contributed by atoms with E-state index >= 15 is 0 Å². The van der Waals surface area contributed by atoms with Gasteiger partial charge in [-0.3, -0.25) is 33.8 Å². The summed E-state index contributed by atoms with van der Waals surface area (Å²) in [5.74, 6) is -3.32. The van der Waals surface area contributed by atoms with Gasteiger partial charge >= 0.3 is 0 Å². The summed E-state index contributed by atoms with van der Waals surface area (Å²) in [6.45, 7) is 11.8. The van der Waals surface area contributed by atoms with Gasteiger partial charge in [0.15, 0.2) is 0 Å². The van der Waals surface area contributed by atoms with Crippen LogP contribution in [0.25, 0.3) is 0 Å². The van der Waals surface area contributed by atoms with E-state index in [4.69, 9.17) is 0 Å². The van der Waals surface area contributed by atoms with Crippen LogP contribution in [-0.2, 0) is 24.0 Å². The first-order valence-electron chi connectivity index (χ1n) is 18.2. The fourth-order valence-corrected chi connectivity index (χ4v) is 7.19. The van der Waals surface area contributed by atoms with Crippen molar-refractivity contribution in [3.8, 4) is 0 Å². The van der Waals surface area contributed by atoms with Gasteiger partial charge in [0.25, 0.3) is 11.8 Å². The van der Waals surface area contributed by atoms with E-state index in [1.54, 1.807) is 18.3 Å². The molecule has 270 valence electrons. The summed E-state index contributed by atoms with van der Waals surface area (Å²) in [6.07, 6.45) is 10.7. The summed E-state index contributed by atoms with van der Waals surface area (Å²) in [5.41, 5.74) is -0.398. The molecule has 1 aromatic heterocycles. The van der Waals surface area contributed by atoms with E-state index in [0.29, 0.717) is 31.4 Å². The molecule has 0 aromatic carbocycles. The van der Waals surface area contributed by atoms with Gasteiger partial charge in [0.05, 0.1) is 11.6 Å². The quantitative estimate of drug-likeness (QED) is 0.219. The first-order valence-corrected chi connectivity index (χ1v) is 18.2. The van der Waals surface area contributed by atoms with Crippen LogP contribution in [0.5, 0.6) is 0 Å². The van der Waals surface area contributed by atoms with Crippen molar-refractivity contribution in [2.45, 2.75) is 136 Å². The van der Waals surface area contributed by atoms with Crippen LogP contribution in [0, 0.1) is 23.2 Å². The topological polar surface area (TPSA) is 167 Å². The molecule has 2 heterocycles. The van der Waals surface area contributed by atoms with Gasteiger partial charge in [0.1, 0.15) is 18.1 Å². The molecule has 12 heteroatoms. The number of hydrogen-bond acceptors (Lipinski definition) is 7. The van der Waals surface area contributed by atoms with Gasteiger partial charge in [0.2, 0.25) is 23.5 Å². The molecule has 3 fully saturated rings. The lowest BCUT2D eigenvalue weighted by atomic mass is 9.82. The van der Waals surface area contributed by atoms with Gasteiger partial charge in [-0.25, -0.2) is 0 Å². The lowest BCUT2D eigenvalue weighted by molar-refractivity contribution is -0.146. The predicted octanol–water partition coefficient (Wildman–Crippen LogP) is 3.30. The molecule has 0 radical (unpaired) electrons. The number of rotatable bonds is 14. The lowest BCUT2D eigenvalue weighted by Gasteiger charge is -2.38. The minimum Gasteiger partial charge on any atom is -0.347 e. The predicted molar refractivity (Wildman–Crippen MR) is 185 cm³/mol. The standard InChI is InChI=1S/C37H56N6O6/c1-7-12-27(30(44)35(48)39-25-16-17-25)40-34(47)29-26(22(2)3)18-20-43(29)36(49)31(37(4,5)6)42-33(46)28(23-13-9-8-10-14-23)41-32(45)24-15-11-19-38-21-24/h11,15,19,21-23,25-29,31H,7-10,12-14,16-18,20H2,1-6H3,(H,39,48)(H,40,47)(H,41,45)(H,42,46)/t26?,27-,28-,29-,31+/m0/s1. The van der Waals surface area contributed by atoms with Crippen molar-refractivity contribution in [2.75, 3.05) is 6.54 Å². The van der Waals surface area contributed by atoms with Crippen molar-refractivity contribution >= 4 is 35.3 Å². The molecule has 1 aromatic rings. The third-order valence-electron chi connectivity index (χ3n) is 10.2. The summed E-state index contributed by atoms with van der Waals surface area (Å²) in [4.78, 5) is 87.3. The smallest absolute Gasteiger partial charge is 0.289 e. The Balaban J connectivity index is 1.56. The van der Waals surface area contributed by atoms with Crippen molar-refractivity contribution < 1.29 is 28.8 Å². The third kappa shape index (κ3) is 9.88. The summed E-state index contributed by atoms with van der Waals surface area (Å²) in [5, 5.41) is 11.5. The van der Waals surface area contributed by atoms with Crippen molar-refractivity contribution in [1.29, 1.82) is 0 Å². The molecular weight excluding hydrogens is 624 g/mol. The summed E-state index contributed by atoms with van der Waals surface area (Å²) >= 11 is 0. The van der Waals surface area contributed by atoms with Gasteiger partial charge in [-0.15, -0.1) is 0 Å².